The van der Waals surface area contributed by atoms with E-state index in [1.54, 1.807) is 0 Å². The molecule has 0 saturated carbocycles. The van der Waals surface area contributed by atoms with Crippen molar-refractivity contribution < 1.29 is 0 Å². The molecule has 1 heterocycles. The Bertz CT molecular complexity index is 3910. The lowest BCUT2D eigenvalue weighted by Gasteiger charge is -2.30. The van der Waals surface area contributed by atoms with Crippen molar-refractivity contribution >= 4 is 82.0 Å². The first-order chi connectivity index (χ1) is 33.2. The van der Waals surface area contributed by atoms with Crippen molar-refractivity contribution in [2.45, 2.75) is 6.92 Å². The van der Waals surface area contributed by atoms with E-state index >= 15 is 0 Å². The molecule has 0 unspecified atom stereocenters. The van der Waals surface area contributed by atoms with Gasteiger partial charge in [0.15, 0.2) is 0 Å². The summed E-state index contributed by atoms with van der Waals surface area (Å²) in [6, 6.07) is 91.4. The summed E-state index contributed by atoms with van der Waals surface area (Å²) < 4.78 is 2.39. The highest BCUT2D eigenvalue weighted by Crippen LogP contribution is 2.52. The third kappa shape index (κ3) is 6.26. The normalized spacial score (nSPS) is 11.7. The number of fused-ring (bicyclic) bond motifs is 7. The van der Waals surface area contributed by atoms with E-state index < -0.39 is 0 Å². The van der Waals surface area contributed by atoms with Crippen molar-refractivity contribution in [3.05, 3.63) is 254 Å². The minimum absolute atomic E-state index is 1.09. The molecule has 0 N–H and O–H groups in total. The van der Waals surface area contributed by atoms with Gasteiger partial charge in [0.1, 0.15) is 0 Å². The highest BCUT2D eigenvalue weighted by atomic mass is 15.1. The molecule has 0 bridgehead atoms. The van der Waals surface area contributed by atoms with Crippen LogP contribution in [0, 0.1) is 6.92 Å². The first-order valence-corrected chi connectivity index (χ1v) is 23.2. The molecule has 314 valence electrons. The second kappa shape index (κ2) is 15.8. The van der Waals surface area contributed by atoms with Gasteiger partial charge in [-0.3, -0.25) is 0 Å². The van der Waals surface area contributed by atoms with Crippen LogP contribution in [0.2, 0.25) is 0 Å². The summed E-state index contributed by atoms with van der Waals surface area (Å²) in [4.78, 5) is 2.46. The van der Waals surface area contributed by atoms with Gasteiger partial charge in [-0.05, 0) is 121 Å². The summed E-state index contributed by atoms with van der Waals surface area (Å²) in [5.74, 6) is 0. The van der Waals surface area contributed by atoms with Crippen LogP contribution in [-0.2, 0) is 0 Å². The zero-order valence-electron chi connectivity index (χ0n) is 37.1. The highest BCUT2D eigenvalue weighted by molar-refractivity contribution is 6.30. The number of aromatic nitrogens is 1. The van der Waals surface area contributed by atoms with Crippen molar-refractivity contribution in [2.24, 2.45) is 0 Å². The average molecular weight is 853 g/mol. The van der Waals surface area contributed by atoms with E-state index in [2.05, 4.69) is 265 Å². The lowest BCUT2D eigenvalue weighted by Crippen LogP contribution is -2.11. The van der Waals surface area contributed by atoms with Crippen LogP contribution in [0.3, 0.4) is 0 Å². The molecule has 13 rings (SSSR count). The number of para-hydroxylation sites is 3. The van der Waals surface area contributed by atoms with Crippen molar-refractivity contribution in [1.82, 2.24) is 4.57 Å². The molecule has 2 nitrogen and oxygen atoms in total. The standard InChI is InChI=1S/C65H44N2/c1-43-32-41-56-59(42-43)62(46-35-33-45(34-36-46)44-18-4-2-5-19-44)52-24-8-9-25-53(52)63(56)64-54-26-10-12-28-57(54)65(58-29-13-11-27-55(58)64)66(47-20-6-3-7-21-47)48-37-39-49(40-38-48)67-60-30-16-14-22-50(60)51-23-15-17-31-61(51)67/h2-42H,1H3. The smallest absolute Gasteiger partial charge is 0.0618 e. The average Bonchev–Trinajstić information content (AvgIpc) is 3.73. The zero-order chi connectivity index (χ0) is 44.4. The van der Waals surface area contributed by atoms with Gasteiger partial charge in [0.05, 0.1) is 16.7 Å². The Morgan fingerprint density at radius 1 is 0.284 bits per heavy atom. The molecular formula is C65H44N2. The van der Waals surface area contributed by atoms with E-state index in [1.165, 1.54) is 104 Å². The lowest BCUT2D eigenvalue weighted by molar-refractivity contribution is 1.17. The molecule has 0 fully saturated rings. The van der Waals surface area contributed by atoms with Gasteiger partial charge < -0.3 is 9.47 Å². The van der Waals surface area contributed by atoms with Gasteiger partial charge in [-0.1, -0.05) is 206 Å². The highest BCUT2D eigenvalue weighted by Gasteiger charge is 2.25. The fraction of sp³-hybridized carbons (Fsp3) is 0.0154. The maximum atomic E-state index is 2.46. The number of hydrogen-bond donors (Lipinski definition) is 0. The van der Waals surface area contributed by atoms with Crippen LogP contribution >= 0.6 is 0 Å². The number of rotatable bonds is 7. The van der Waals surface area contributed by atoms with Crippen LogP contribution in [0.15, 0.2) is 249 Å². The monoisotopic (exact) mass is 852 g/mol. The predicted octanol–water partition coefficient (Wildman–Crippen LogP) is 18.2. The molecule has 0 atom stereocenters. The third-order valence-electron chi connectivity index (χ3n) is 13.8. The SMILES string of the molecule is Cc1ccc2c(-c3c4ccccc4c(N(c4ccccc4)c4ccc(-n5c6ccccc6c6ccccc65)cc4)c4ccccc34)c3ccccc3c(-c3ccc(-c4ccccc4)cc3)c2c1. The molecule has 0 aliphatic rings. The minimum atomic E-state index is 1.09. The topological polar surface area (TPSA) is 8.17 Å². The van der Waals surface area contributed by atoms with E-state index in [0.717, 1.165) is 22.7 Å². The van der Waals surface area contributed by atoms with Crippen molar-refractivity contribution in [1.29, 1.82) is 0 Å². The Balaban J connectivity index is 1.06. The van der Waals surface area contributed by atoms with Gasteiger partial charge in [0, 0.05) is 38.6 Å². The number of anilines is 3. The molecule has 0 aliphatic carbocycles. The lowest BCUT2D eigenvalue weighted by atomic mass is 9.82. The van der Waals surface area contributed by atoms with Crippen LogP contribution in [0.1, 0.15) is 5.56 Å². The van der Waals surface area contributed by atoms with E-state index in [4.69, 9.17) is 0 Å². The van der Waals surface area contributed by atoms with Gasteiger partial charge in [-0.25, -0.2) is 0 Å². The fourth-order valence-corrected chi connectivity index (χ4v) is 10.9. The summed E-state index contributed by atoms with van der Waals surface area (Å²) in [7, 11) is 0. The second-order valence-corrected chi connectivity index (χ2v) is 17.7. The number of hydrogen-bond acceptors (Lipinski definition) is 1. The maximum absolute atomic E-state index is 2.46. The van der Waals surface area contributed by atoms with E-state index in [0.29, 0.717) is 0 Å². The van der Waals surface area contributed by atoms with Crippen LogP contribution in [0.5, 0.6) is 0 Å². The van der Waals surface area contributed by atoms with Crippen molar-refractivity contribution in [2.75, 3.05) is 4.90 Å². The number of nitrogens with zero attached hydrogens (tertiary/aromatic N) is 2. The molecule has 0 aliphatic heterocycles. The molecule has 0 spiro atoms. The Morgan fingerprint density at radius 3 is 1.25 bits per heavy atom. The van der Waals surface area contributed by atoms with E-state index in [-0.39, 0.29) is 0 Å². The van der Waals surface area contributed by atoms with E-state index in [9.17, 15) is 0 Å². The molecule has 0 amide bonds. The van der Waals surface area contributed by atoms with Crippen LogP contribution < -0.4 is 4.90 Å². The molecule has 0 saturated heterocycles. The summed E-state index contributed by atoms with van der Waals surface area (Å²) in [5, 5.41) is 12.3. The summed E-state index contributed by atoms with van der Waals surface area (Å²) in [6.45, 7) is 2.21. The maximum Gasteiger partial charge on any atom is 0.0618 e. The van der Waals surface area contributed by atoms with Gasteiger partial charge in [-0.15, -0.1) is 0 Å². The summed E-state index contributed by atoms with van der Waals surface area (Å²) >= 11 is 0. The summed E-state index contributed by atoms with van der Waals surface area (Å²) in [6.07, 6.45) is 0. The van der Waals surface area contributed by atoms with Crippen LogP contribution in [-0.4, -0.2) is 4.57 Å². The Kier molecular flexibility index (Phi) is 9.11. The number of benzene rings is 12. The molecule has 67 heavy (non-hydrogen) atoms. The Labute approximate surface area is 389 Å². The molecule has 12 aromatic carbocycles. The molecule has 13 aromatic rings. The van der Waals surface area contributed by atoms with Crippen LogP contribution in [0.4, 0.5) is 17.1 Å². The minimum Gasteiger partial charge on any atom is -0.309 e. The van der Waals surface area contributed by atoms with Gasteiger partial charge >= 0.3 is 0 Å². The van der Waals surface area contributed by atoms with Crippen molar-refractivity contribution in [3.63, 3.8) is 0 Å². The quantitative estimate of drug-likeness (QED) is 0.145. The second-order valence-electron chi connectivity index (χ2n) is 17.7. The zero-order valence-corrected chi connectivity index (χ0v) is 37.1. The Hall–Kier alpha value is -8.72. The molecular weight excluding hydrogens is 809 g/mol. The van der Waals surface area contributed by atoms with E-state index in [1.807, 2.05) is 0 Å². The largest absolute Gasteiger partial charge is 0.309 e. The van der Waals surface area contributed by atoms with Gasteiger partial charge in [0.25, 0.3) is 0 Å². The van der Waals surface area contributed by atoms with Crippen molar-refractivity contribution in [3.8, 4) is 39.1 Å². The van der Waals surface area contributed by atoms with Gasteiger partial charge in [-0.2, -0.15) is 0 Å². The third-order valence-corrected chi connectivity index (χ3v) is 13.8. The molecule has 0 radical (unpaired) electrons. The molecule has 2 heteroatoms. The number of aryl methyl sites for hydroxylation is 1. The summed E-state index contributed by atoms with van der Waals surface area (Å²) in [5.41, 5.74) is 15.5. The predicted molar refractivity (Wildman–Crippen MR) is 287 cm³/mol. The van der Waals surface area contributed by atoms with Gasteiger partial charge in [0.2, 0.25) is 0 Å². The first kappa shape index (κ1) is 38.7. The molecule has 1 aromatic heterocycles. The first-order valence-electron chi connectivity index (χ1n) is 23.2. The fourth-order valence-electron chi connectivity index (χ4n) is 10.9. The van der Waals surface area contributed by atoms with Crippen LogP contribution in [0.25, 0.3) is 104 Å². The Morgan fingerprint density at radius 2 is 0.687 bits per heavy atom.